The van der Waals surface area contributed by atoms with E-state index >= 15 is 0 Å². The van der Waals surface area contributed by atoms with Crippen LogP contribution in [-0.4, -0.2) is 68.0 Å². The Hall–Kier alpha value is -3.93. The second-order valence-corrected chi connectivity index (χ2v) is 9.90. The molecule has 3 amide bonds. The SMILES string of the molecule is CCC(C)C(NC(=O)C(Cc1cnc[nH]1)NC(=O)C(NC(=O)C(N)Cc1ccc(O)cc1)C(C)CC)C(=O)O. The van der Waals surface area contributed by atoms with E-state index in [9.17, 15) is 29.4 Å². The number of carbonyl (C=O) groups is 4. The van der Waals surface area contributed by atoms with Crippen molar-refractivity contribution in [1.82, 2.24) is 25.9 Å². The number of aromatic hydroxyl groups is 1. The molecule has 1 aromatic carbocycles. The molecule has 2 aromatic rings. The summed E-state index contributed by atoms with van der Waals surface area (Å²) in [5.41, 5.74) is 7.41. The number of amides is 3. The number of aromatic nitrogens is 2. The Bertz CT molecular complexity index is 1090. The predicted molar refractivity (Wildman–Crippen MR) is 144 cm³/mol. The maximum absolute atomic E-state index is 13.4. The molecule has 39 heavy (non-hydrogen) atoms. The number of nitrogens with zero attached hydrogens (tertiary/aromatic N) is 1. The van der Waals surface area contributed by atoms with Gasteiger partial charge in [-0.05, 0) is 36.0 Å². The minimum absolute atomic E-state index is 0.0337. The van der Waals surface area contributed by atoms with Crippen LogP contribution in [0.15, 0.2) is 36.8 Å². The van der Waals surface area contributed by atoms with Gasteiger partial charge in [-0.15, -0.1) is 0 Å². The van der Waals surface area contributed by atoms with Crippen molar-refractivity contribution >= 4 is 23.7 Å². The van der Waals surface area contributed by atoms with Gasteiger partial charge in [-0.1, -0.05) is 52.7 Å². The Balaban J connectivity index is 2.19. The molecule has 1 aromatic heterocycles. The minimum atomic E-state index is -1.17. The van der Waals surface area contributed by atoms with Gasteiger partial charge in [-0.25, -0.2) is 9.78 Å². The van der Waals surface area contributed by atoms with E-state index in [0.717, 1.165) is 5.56 Å². The Kier molecular flexibility index (Phi) is 11.9. The average Bonchev–Trinajstić information content (AvgIpc) is 3.42. The van der Waals surface area contributed by atoms with Crippen molar-refractivity contribution in [2.24, 2.45) is 17.6 Å². The number of rotatable bonds is 15. The zero-order valence-electron chi connectivity index (χ0n) is 22.8. The Labute approximate surface area is 228 Å². The normalized spacial score (nSPS) is 15.7. The lowest BCUT2D eigenvalue weighted by Crippen LogP contribution is -2.59. The zero-order valence-corrected chi connectivity index (χ0v) is 22.8. The summed E-state index contributed by atoms with van der Waals surface area (Å²) in [4.78, 5) is 58.2. The van der Waals surface area contributed by atoms with Gasteiger partial charge in [-0.2, -0.15) is 0 Å². The highest BCUT2D eigenvalue weighted by molar-refractivity contribution is 5.94. The van der Waals surface area contributed by atoms with Crippen molar-refractivity contribution in [2.75, 3.05) is 0 Å². The summed E-state index contributed by atoms with van der Waals surface area (Å²) < 4.78 is 0. The number of aromatic amines is 1. The van der Waals surface area contributed by atoms with Crippen LogP contribution in [0.5, 0.6) is 5.75 Å². The van der Waals surface area contributed by atoms with Crippen molar-refractivity contribution in [2.45, 2.75) is 77.5 Å². The van der Waals surface area contributed by atoms with Crippen LogP contribution >= 0.6 is 0 Å². The van der Waals surface area contributed by atoms with E-state index in [1.54, 1.807) is 26.0 Å². The van der Waals surface area contributed by atoms with Crippen LogP contribution in [0.1, 0.15) is 51.8 Å². The highest BCUT2D eigenvalue weighted by Gasteiger charge is 2.33. The van der Waals surface area contributed by atoms with Gasteiger partial charge in [0.05, 0.1) is 12.4 Å². The fourth-order valence-corrected chi connectivity index (χ4v) is 3.96. The summed E-state index contributed by atoms with van der Waals surface area (Å²) in [6.45, 7) is 7.20. The zero-order chi connectivity index (χ0) is 29.1. The molecule has 0 fully saturated rings. The number of phenolic OH excluding ortho intramolecular Hbond substituents is 1. The summed E-state index contributed by atoms with van der Waals surface area (Å²) in [5.74, 6) is -3.50. The number of carboxylic acid groups (broad SMARTS) is 1. The van der Waals surface area contributed by atoms with E-state index in [1.165, 1.54) is 24.7 Å². The molecule has 1 heterocycles. The van der Waals surface area contributed by atoms with E-state index in [1.807, 2.05) is 13.8 Å². The lowest BCUT2D eigenvalue weighted by Gasteiger charge is -2.28. The first kappa shape index (κ1) is 31.3. The molecule has 0 spiro atoms. The second kappa shape index (κ2) is 14.9. The quantitative estimate of drug-likeness (QED) is 0.171. The molecule has 0 aliphatic carbocycles. The van der Waals surface area contributed by atoms with E-state index in [0.29, 0.717) is 18.5 Å². The van der Waals surface area contributed by atoms with E-state index in [2.05, 4.69) is 25.9 Å². The number of nitrogens with two attached hydrogens (primary N) is 1. The van der Waals surface area contributed by atoms with E-state index in [4.69, 9.17) is 5.73 Å². The second-order valence-electron chi connectivity index (χ2n) is 9.90. The molecule has 0 aliphatic heterocycles. The van der Waals surface area contributed by atoms with Crippen molar-refractivity contribution in [3.05, 3.63) is 48.0 Å². The highest BCUT2D eigenvalue weighted by Crippen LogP contribution is 2.13. The Morgan fingerprint density at radius 2 is 1.49 bits per heavy atom. The van der Waals surface area contributed by atoms with Crippen molar-refractivity contribution in [1.29, 1.82) is 0 Å². The smallest absolute Gasteiger partial charge is 0.326 e. The van der Waals surface area contributed by atoms with Crippen LogP contribution in [0.3, 0.4) is 0 Å². The Morgan fingerprint density at radius 3 is 2.03 bits per heavy atom. The summed E-state index contributed by atoms with van der Waals surface area (Å²) in [5, 5.41) is 27.0. The van der Waals surface area contributed by atoms with Crippen LogP contribution in [0.4, 0.5) is 0 Å². The molecular weight excluding hydrogens is 504 g/mol. The van der Waals surface area contributed by atoms with Gasteiger partial charge in [0, 0.05) is 18.3 Å². The molecule has 8 N–H and O–H groups in total. The van der Waals surface area contributed by atoms with Crippen molar-refractivity contribution < 1.29 is 29.4 Å². The standard InChI is InChI=1S/C27H40N6O6/c1-5-15(3)22(32-24(35)20(28)11-17-7-9-19(34)10-8-17)26(37)31-21(12-18-13-29-14-30-18)25(36)33-23(27(38)39)16(4)6-2/h7-10,13-16,20-23,34H,5-6,11-12,28H2,1-4H3,(H,29,30)(H,31,37)(H,32,35)(H,33,36)(H,38,39). The van der Waals surface area contributed by atoms with Crippen molar-refractivity contribution in [3.63, 3.8) is 0 Å². The molecule has 12 nitrogen and oxygen atoms in total. The van der Waals surface area contributed by atoms with Crippen LogP contribution in [-0.2, 0) is 32.0 Å². The van der Waals surface area contributed by atoms with Gasteiger partial charge in [0.1, 0.15) is 23.9 Å². The number of nitrogens with one attached hydrogen (secondary N) is 4. The first-order valence-corrected chi connectivity index (χ1v) is 13.1. The van der Waals surface area contributed by atoms with Gasteiger partial charge >= 0.3 is 5.97 Å². The third-order valence-electron chi connectivity index (χ3n) is 6.91. The van der Waals surface area contributed by atoms with E-state index < -0.39 is 47.9 Å². The first-order valence-electron chi connectivity index (χ1n) is 13.1. The number of benzene rings is 1. The largest absolute Gasteiger partial charge is 0.508 e. The average molecular weight is 545 g/mol. The topological polar surface area (TPSA) is 200 Å². The molecule has 2 rings (SSSR count). The third kappa shape index (κ3) is 9.40. The predicted octanol–water partition coefficient (Wildman–Crippen LogP) is 0.859. The number of H-pyrrole nitrogens is 1. The summed E-state index contributed by atoms with van der Waals surface area (Å²) in [6, 6.07) is 2.10. The Morgan fingerprint density at radius 1 is 0.897 bits per heavy atom. The molecule has 0 saturated carbocycles. The van der Waals surface area contributed by atoms with E-state index in [-0.39, 0.29) is 30.4 Å². The number of hydrogen-bond acceptors (Lipinski definition) is 7. The molecule has 6 atom stereocenters. The molecule has 12 heteroatoms. The lowest BCUT2D eigenvalue weighted by molar-refractivity contribution is -0.143. The highest BCUT2D eigenvalue weighted by atomic mass is 16.4. The molecule has 0 bridgehead atoms. The van der Waals surface area contributed by atoms with Crippen LogP contribution in [0.25, 0.3) is 0 Å². The molecule has 0 radical (unpaired) electrons. The van der Waals surface area contributed by atoms with Gasteiger partial charge in [0.2, 0.25) is 17.7 Å². The number of phenols is 1. The molecule has 6 unspecified atom stereocenters. The molecule has 0 saturated heterocycles. The van der Waals surface area contributed by atoms with Crippen LogP contribution < -0.4 is 21.7 Å². The van der Waals surface area contributed by atoms with Gasteiger partial charge in [0.15, 0.2) is 0 Å². The van der Waals surface area contributed by atoms with Crippen LogP contribution in [0.2, 0.25) is 0 Å². The lowest BCUT2D eigenvalue weighted by atomic mass is 9.96. The minimum Gasteiger partial charge on any atom is -0.508 e. The number of imidazole rings is 1. The maximum atomic E-state index is 13.4. The summed E-state index contributed by atoms with van der Waals surface area (Å²) >= 11 is 0. The fourth-order valence-electron chi connectivity index (χ4n) is 3.96. The molecular formula is C27H40N6O6. The third-order valence-corrected chi connectivity index (χ3v) is 6.91. The van der Waals surface area contributed by atoms with Crippen LogP contribution in [0, 0.1) is 11.8 Å². The van der Waals surface area contributed by atoms with Gasteiger partial charge < -0.3 is 36.9 Å². The number of carbonyl (C=O) groups excluding carboxylic acids is 3. The van der Waals surface area contributed by atoms with Gasteiger partial charge in [0.25, 0.3) is 0 Å². The maximum Gasteiger partial charge on any atom is 0.326 e. The fraction of sp³-hybridized carbons (Fsp3) is 0.519. The monoisotopic (exact) mass is 544 g/mol. The number of aliphatic carboxylic acids is 1. The van der Waals surface area contributed by atoms with Gasteiger partial charge in [-0.3, -0.25) is 14.4 Å². The van der Waals surface area contributed by atoms with Crippen molar-refractivity contribution in [3.8, 4) is 5.75 Å². The number of hydrogen-bond donors (Lipinski definition) is 7. The first-order chi connectivity index (χ1) is 18.5. The number of carboxylic acids is 1. The molecule has 0 aliphatic rings. The summed E-state index contributed by atoms with van der Waals surface area (Å²) in [7, 11) is 0. The molecule has 214 valence electrons. The summed E-state index contributed by atoms with van der Waals surface area (Å²) in [6.07, 6.45) is 4.25.